The molecular formula is C20H20ClN3OS. The third-order valence-corrected chi connectivity index (χ3v) is 5.18. The Balaban J connectivity index is 1.53. The molecule has 0 saturated heterocycles. The summed E-state index contributed by atoms with van der Waals surface area (Å²) < 4.78 is 2.02. The Bertz CT molecular complexity index is 894. The van der Waals surface area contributed by atoms with Crippen LogP contribution in [0.15, 0.2) is 60.9 Å². The van der Waals surface area contributed by atoms with Crippen molar-refractivity contribution in [3.63, 3.8) is 0 Å². The van der Waals surface area contributed by atoms with E-state index in [1.54, 1.807) is 18.0 Å². The first kappa shape index (κ1) is 18.5. The highest BCUT2D eigenvalue weighted by atomic mass is 35.5. The number of amides is 1. The molecule has 6 heteroatoms. The number of aryl methyl sites for hydroxylation is 1. The number of thioether (sulfide) groups is 1. The summed E-state index contributed by atoms with van der Waals surface area (Å²) in [5.41, 5.74) is 3.22. The van der Waals surface area contributed by atoms with Crippen LogP contribution in [-0.2, 0) is 17.1 Å². The summed E-state index contributed by atoms with van der Waals surface area (Å²) in [4.78, 5) is 16.4. The van der Waals surface area contributed by atoms with E-state index in [9.17, 15) is 4.79 Å². The zero-order valence-corrected chi connectivity index (χ0v) is 16.1. The number of imidazole rings is 1. The molecule has 0 radical (unpaired) electrons. The van der Waals surface area contributed by atoms with E-state index < -0.39 is 0 Å². The van der Waals surface area contributed by atoms with Crippen LogP contribution in [0.5, 0.6) is 0 Å². The summed E-state index contributed by atoms with van der Waals surface area (Å²) in [6, 6.07) is 15.7. The predicted molar refractivity (Wildman–Crippen MR) is 108 cm³/mol. The van der Waals surface area contributed by atoms with Gasteiger partial charge in [0.05, 0.1) is 11.4 Å². The van der Waals surface area contributed by atoms with Crippen LogP contribution < -0.4 is 5.32 Å². The first-order valence-electron chi connectivity index (χ1n) is 8.30. The van der Waals surface area contributed by atoms with Gasteiger partial charge in [-0.3, -0.25) is 4.79 Å². The molecule has 0 bridgehead atoms. The molecule has 0 aliphatic rings. The van der Waals surface area contributed by atoms with Crippen molar-refractivity contribution in [3.8, 4) is 5.69 Å². The summed E-state index contributed by atoms with van der Waals surface area (Å²) in [5, 5.41) is 3.72. The average molecular weight is 386 g/mol. The molecule has 134 valence electrons. The van der Waals surface area contributed by atoms with Crippen molar-refractivity contribution in [2.24, 2.45) is 0 Å². The molecule has 4 nitrogen and oxygen atoms in total. The Morgan fingerprint density at radius 1 is 1.23 bits per heavy atom. The van der Waals surface area contributed by atoms with Gasteiger partial charge in [-0.2, -0.15) is 0 Å². The Labute approximate surface area is 162 Å². The van der Waals surface area contributed by atoms with Crippen molar-refractivity contribution in [3.05, 3.63) is 82.9 Å². The molecule has 3 rings (SSSR count). The SMILES string of the molecule is Cc1nccn1-c1ccccc1CNC(=O)CSCc1cccc(Cl)c1. The van der Waals surface area contributed by atoms with Gasteiger partial charge in [-0.05, 0) is 36.2 Å². The van der Waals surface area contributed by atoms with Crippen LogP contribution in [0.3, 0.4) is 0 Å². The van der Waals surface area contributed by atoms with Crippen molar-refractivity contribution >= 4 is 29.3 Å². The predicted octanol–water partition coefficient (Wildman–Crippen LogP) is 4.38. The van der Waals surface area contributed by atoms with E-state index in [4.69, 9.17) is 11.6 Å². The van der Waals surface area contributed by atoms with Gasteiger partial charge in [-0.25, -0.2) is 4.98 Å². The minimum absolute atomic E-state index is 0.0224. The van der Waals surface area contributed by atoms with Crippen LogP contribution in [0.1, 0.15) is 17.0 Å². The Morgan fingerprint density at radius 3 is 2.85 bits per heavy atom. The highest BCUT2D eigenvalue weighted by Crippen LogP contribution is 2.18. The number of hydrogen-bond acceptors (Lipinski definition) is 3. The first-order valence-corrected chi connectivity index (χ1v) is 9.84. The minimum Gasteiger partial charge on any atom is -0.351 e. The second kappa shape index (κ2) is 8.92. The highest BCUT2D eigenvalue weighted by Gasteiger charge is 2.08. The van der Waals surface area contributed by atoms with Gasteiger partial charge < -0.3 is 9.88 Å². The molecule has 2 aromatic carbocycles. The molecule has 0 fully saturated rings. The monoisotopic (exact) mass is 385 g/mol. The number of hydrogen-bond donors (Lipinski definition) is 1. The van der Waals surface area contributed by atoms with E-state index in [1.807, 2.05) is 66.2 Å². The number of nitrogens with zero attached hydrogens (tertiary/aromatic N) is 2. The van der Waals surface area contributed by atoms with E-state index in [2.05, 4.69) is 10.3 Å². The number of carbonyl (C=O) groups is 1. The van der Waals surface area contributed by atoms with Crippen LogP contribution in [-0.4, -0.2) is 21.2 Å². The van der Waals surface area contributed by atoms with Gasteiger partial charge in [0.15, 0.2) is 0 Å². The van der Waals surface area contributed by atoms with Crippen LogP contribution in [0.2, 0.25) is 5.02 Å². The Kier molecular flexibility index (Phi) is 6.36. The molecule has 0 atom stereocenters. The van der Waals surface area contributed by atoms with Gasteiger partial charge in [0.2, 0.25) is 5.91 Å². The molecule has 3 aromatic rings. The average Bonchev–Trinajstić information content (AvgIpc) is 3.06. The molecule has 26 heavy (non-hydrogen) atoms. The van der Waals surface area contributed by atoms with Gasteiger partial charge in [-0.15, -0.1) is 11.8 Å². The van der Waals surface area contributed by atoms with Crippen molar-refractivity contribution in [1.82, 2.24) is 14.9 Å². The zero-order chi connectivity index (χ0) is 18.4. The molecule has 0 unspecified atom stereocenters. The summed E-state index contributed by atoms with van der Waals surface area (Å²) >= 11 is 7.55. The molecular weight excluding hydrogens is 366 g/mol. The molecule has 1 amide bonds. The highest BCUT2D eigenvalue weighted by molar-refractivity contribution is 7.99. The maximum atomic E-state index is 12.2. The molecule has 1 aromatic heterocycles. The van der Waals surface area contributed by atoms with Crippen molar-refractivity contribution in [2.75, 3.05) is 5.75 Å². The fraction of sp³-hybridized carbons (Fsp3) is 0.200. The van der Waals surface area contributed by atoms with Gasteiger partial charge in [-0.1, -0.05) is 41.9 Å². The third-order valence-electron chi connectivity index (χ3n) is 3.94. The van der Waals surface area contributed by atoms with E-state index in [1.165, 1.54) is 0 Å². The molecule has 0 saturated carbocycles. The smallest absolute Gasteiger partial charge is 0.230 e. The van der Waals surface area contributed by atoms with Gasteiger partial charge in [0, 0.05) is 29.7 Å². The number of rotatable bonds is 7. The fourth-order valence-corrected chi connectivity index (χ4v) is 3.68. The van der Waals surface area contributed by atoms with Gasteiger partial charge >= 0.3 is 0 Å². The fourth-order valence-electron chi connectivity index (χ4n) is 2.66. The Morgan fingerprint density at radius 2 is 2.08 bits per heavy atom. The van der Waals surface area contributed by atoms with E-state index >= 15 is 0 Å². The van der Waals surface area contributed by atoms with Crippen LogP contribution in [0, 0.1) is 6.92 Å². The lowest BCUT2D eigenvalue weighted by Crippen LogP contribution is -2.25. The maximum absolute atomic E-state index is 12.2. The molecule has 0 spiro atoms. The lowest BCUT2D eigenvalue weighted by molar-refractivity contribution is -0.118. The number of carbonyl (C=O) groups excluding carboxylic acids is 1. The standard InChI is InChI=1S/C20H20ClN3OS/c1-15-22-9-10-24(15)19-8-3-2-6-17(19)12-23-20(25)14-26-13-16-5-4-7-18(21)11-16/h2-11H,12-14H2,1H3,(H,23,25). The second-order valence-electron chi connectivity index (χ2n) is 5.87. The van der Waals surface area contributed by atoms with E-state index in [0.717, 1.165) is 33.4 Å². The maximum Gasteiger partial charge on any atom is 0.230 e. The largest absolute Gasteiger partial charge is 0.351 e. The summed E-state index contributed by atoms with van der Waals surface area (Å²) in [5.74, 6) is 2.12. The number of benzene rings is 2. The number of aromatic nitrogens is 2. The normalized spacial score (nSPS) is 10.7. The molecule has 0 aliphatic carbocycles. The lowest BCUT2D eigenvalue weighted by atomic mass is 10.1. The topological polar surface area (TPSA) is 46.9 Å². The van der Waals surface area contributed by atoms with Gasteiger partial charge in [0.1, 0.15) is 5.82 Å². The molecule has 1 heterocycles. The zero-order valence-electron chi connectivity index (χ0n) is 14.5. The van der Waals surface area contributed by atoms with Crippen molar-refractivity contribution in [2.45, 2.75) is 19.2 Å². The number of para-hydroxylation sites is 1. The van der Waals surface area contributed by atoms with Gasteiger partial charge in [0.25, 0.3) is 0 Å². The van der Waals surface area contributed by atoms with E-state index in [-0.39, 0.29) is 5.91 Å². The number of halogens is 1. The lowest BCUT2D eigenvalue weighted by Gasteiger charge is -2.12. The van der Waals surface area contributed by atoms with E-state index in [0.29, 0.717) is 12.3 Å². The third kappa shape index (κ3) is 4.90. The summed E-state index contributed by atoms with van der Waals surface area (Å²) in [7, 11) is 0. The van der Waals surface area contributed by atoms with Crippen molar-refractivity contribution in [1.29, 1.82) is 0 Å². The minimum atomic E-state index is 0.0224. The summed E-state index contributed by atoms with van der Waals surface area (Å²) in [6.45, 7) is 2.45. The van der Waals surface area contributed by atoms with Crippen molar-refractivity contribution < 1.29 is 4.79 Å². The first-order chi connectivity index (χ1) is 12.6. The van der Waals surface area contributed by atoms with Crippen LogP contribution in [0.4, 0.5) is 0 Å². The van der Waals surface area contributed by atoms with Crippen LogP contribution >= 0.6 is 23.4 Å². The van der Waals surface area contributed by atoms with Crippen LogP contribution in [0.25, 0.3) is 5.69 Å². The molecule has 1 N–H and O–H groups in total. The quantitative estimate of drug-likeness (QED) is 0.656. The Hall–Kier alpha value is -2.24. The number of nitrogens with one attached hydrogen (secondary N) is 1. The summed E-state index contributed by atoms with van der Waals surface area (Å²) in [6.07, 6.45) is 3.70. The second-order valence-corrected chi connectivity index (χ2v) is 7.29. The molecule has 0 aliphatic heterocycles.